The van der Waals surface area contributed by atoms with E-state index in [0.717, 1.165) is 5.56 Å². The number of aliphatic carboxylic acids is 1. The minimum absolute atomic E-state index is 0.0825. The molecule has 1 aliphatic rings. The fourth-order valence-corrected chi connectivity index (χ4v) is 4.36. The van der Waals surface area contributed by atoms with Crippen molar-refractivity contribution in [1.82, 2.24) is 15.5 Å². The van der Waals surface area contributed by atoms with Crippen LogP contribution in [0, 0.1) is 5.92 Å². The first-order valence-electron chi connectivity index (χ1n) is 13.0. The lowest BCUT2D eigenvalue weighted by atomic mass is 9.98. The fourth-order valence-electron chi connectivity index (χ4n) is 4.36. The number of guanidine groups is 1. The molecule has 1 heterocycles. The van der Waals surface area contributed by atoms with Crippen LogP contribution in [-0.2, 0) is 25.6 Å². The van der Waals surface area contributed by atoms with E-state index < -0.39 is 47.9 Å². The number of rotatable bonds is 14. The van der Waals surface area contributed by atoms with Crippen LogP contribution in [0.4, 0.5) is 0 Å². The molecule has 1 aliphatic heterocycles. The van der Waals surface area contributed by atoms with Gasteiger partial charge in [-0.25, -0.2) is 4.79 Å². The van der Waals surface area contributed by atoms with Crippen molar-refractivity contribution in [2.75, 3.05) is 13.1 Å². The maximum atomic E-state index is 13.5. The molecule has 5 unspecified atom stereocenters. The van der Waals surface area contributed by atoms with Crippen LogP contribution in [0.2, 0.25) is 0 Å². The number of carbonyl (C=O) groups is 4. The molecule has 3 amide bonds. The molecule has 38 heavy (non-hydrogen) atoms. The second kappa shape index (κ2) is 14.9. The molecule has 2 rings (SSSR count). The van der Waals surface area contributed by atoms with Crippen LogP contribution in [0.3, 0.4) is 0 Å². The first-order chi connectivity index (χ1) is 18.0. The lowest BCUT2D eigenvalue weighted by molar-refractivity contribution is -0.149. The quantitative estimate of drug-likeness (QED) is 0.106. The third-order valence-electron chi connectivity index (χ3n) is 6.86. The van der Waals surface area contributed by atoms with Crippen molar-refractivity contribution in [1.29, 1.82) is 0 Å². The number of carbonyl (C=O) groups excluding carboxylic acids is 3. The van der Waals surface area contributed by atoms with Crippen LogP contribution in [0.25, 0.3) is 0 Å². The van der Waals surface area contributed by atoms with E-state index in [2.05, 4.69) is 15.6 Å². The summed E-state index contributed by atoms with van der Waals surface area (Å²) in [5, 5.41) is 15.1. The molecule has 9 N–H and O–H groups in total. The molecule has 0 aromatic heterocycles. The summed E-state index contributed by atoms with van der Waals surface area (Å²) in [6.45, 7) is 4.31. The van der Waals surface area contributed by atoms with Gasteiger partial charge in [0.25, 0.3) is 0 Å². The van der Waals surface area contributed by atoms with Crippen LogP contribution in [0.5, 0.6) is 0 Å². The Labute approximate surface area is 223 Å². The summed E-state index contributed by atoms with van der Waals surface area (Å²) in [4.78, 5) is 56.7. The summed E-state index contributed by atoms with van der Waals surface area (Å²) in [6.07, 6.45) is 2.35. The smallest absolute Gasteiger partial charge is 0.326 e. The molecule has 12 nitrogen and oxygen atoms in total. The van der Waals surface area contributed by atoms with Gasteiger partial charge in [0.2, 0.25) is 17.7 Å². The molecule has 0 spiro atoms. The van der Waals surface area contributed by atoms with Gasteiger partial charge in [-0.15, -0.1) is 0 Å². The van der Waals surface area contributed by atoms with Crippen molar-refractivity contribution >= 4 is 29.7 Å². The summed E-state index contributed by atoms with van der Waals surface area (Å²) in [7, 11) is 0. The zero-order chi connectivity index (χ0) is 28.2. The predicted octanol–water partition coefficient (Wildman–Crippen LogP) is -0.299. The highest BCUT2D eigenvalue weighted by Crippen LogP contribution is 2.20. The summed E-state index contributed by atoms with van der Waals surface area (Å²) in [6, 6.07) is 5.35. The Kier molecular flexibility index (Phi) is 12.0. The molecule has 1 fully saturated rings. The molecule has 0 bridgehead atoms. The van der Waals surface area contributed by atoms with Crippen LogP contribution >= 0.6 is 0 Å². The second-order valence-corrected chi connectivity index (χ2v) is 9.70. The van der Waals surface area contributed by atoms with E-state index in [1.807, 2.05) is 44.2 Å². The van der Waals surface area contributed by atoms with Gasteiger partial charge in [0.1, 0.15) is 18.1 Å². The topological polar surface area (TPSA) is 206 Å². The lowest BCUT2D eigenvalue weighted by Crippen LogP contribution is -2.58. The van der Waals surface area contributed by atoms with E-state index in [0.29, 0.717) is 32.2 Å². The number of likely N-dealkylation sites (tertiary alicyclic amines) is 1. The average molecular weight is 532 g/mol. The summed E-state index contributed by atoms with van der Waals surface area (Å²) in [5.41, 5.74) is 17.6. The third-order valence-corrected chi connectivity index (χ3v) is 6.86. The minimum Gasteiger partial charge on any atom is -0.480 e. The van der Waals surface area contributed by atoms with Crippen LogP contribution < -0.4 is 27.8 Å². The largest absolute Gasteiger partial charge is 0.480 e. The highest BCUT2D eigenvalue weighted by atomic mass is 16.4. The molecule has 210 valence electrons. The van der Waals surface area contributed by atoms with Crippen molar-refractivity contribution < 1.29 is 24.3 Å². The number of nitrogens with zero attached hydrogens (tertiary/aromatic N) is 2. The van der Waals surface area contributed by atoms with E-state index in [1.54, 1.807) is 0 Å². The van der Waals surface area contributed by atoms with Crippen molar-refractivity contribution in [2.24, 2.45) is 28.1 Å². The average Bonchev–Trinajstić information content (AvgIpc) is 3.39. The molecule has 0 aliphatic carbocycles. The van der Waals surface area contributed by atoms with E-state index >= 15 is 0 Å². The van der Waals surface area contributed by atoms with Crippen molar-refractivity contribution in [3.8, 4) is 0 Å². The Morgan fingerprint density at radius 3 is 2.37 bits per heavy atom. The van der Waals surface area contributed by atoms with Gasteiger partial charge in [-0.3, -0.25) is 19.4 Å². The van der Waals surface area contributed by atoms with Crippen LogP contribution in [0.15, 0.2) is 35.3 Å². The van der Waals surface area contributed by atoms with Crippen molar-refractivity contribution in [3.05, 3.63) is 35.9 Å². The number of hydrogen-bond acceptors (Lipinski definition) is 6. The van der Waals surface area contributed by atoms with Gasteiger partial charge in [0.05, 0.1) is 6.04 Å². The molecule has 1 aromatic rings. The summed E-state index contributed by atoms with van der Waals surface area (Å²) >= 11 is 0. The SMILES string of the molecule is CCC(C)C(N)C(=O)NC(CCCN=C(N)N)C(=O)NC(Cc1ccccc1)C(=O)N1CCCC1C(=O)O. The number of carboxylic acid groups (broad SMARTS) is 1. The van der Waals surface area contributed by atoms with E-state index in [-0.39, 0.29) is 31.3 Å². The third kappa shape index (κ3) is 9.02. The number of carboxylic acids is 1. The highest BCUT2D eigenvalue weighted by Gasteiger charge is 2.38. The highest BCUT2D eigenvalue weighted by molar-refractivity contribution is 5.94. The van der Waals surface area contributed by atoms with Gasteiger partial charge in [0, 0.05) is 19.5 Å². The Morgan fingerprint density at radius 1 is 1.11 bits per heavy atom. The Hall–Kier alpha value is -3.67. The Bertz CT molecular complexity index is 983. The molecular weight excluding hydrogens is 490 g/mol. The molecule has 12 heteroatoms. The van der Waals surface area contributed by atoms with Crippen LogP contribution in [-0.4, -0.2) is 76.9 Å². The first-order valence-corrected chi connectivity index (χ1v) is 13.0. The van der Waals surface area contributed by atoms with E-state index in [1.165, 1.54) is 4.90 Å². The fraction of sp³-hybridized carbons (Fsp3) is 0.577. The molecule has 0 saturated carbocycles. The van der Waals surface area contributed by atoms with E-state index in [9.17, 15) is 24.3 Å². The lowest BCUT2D eigenvalue weighted by Gasteiger charge is -2.29. The second-order valence-electron chi connectivity index (χ2n) is 9.70. The van der Waals surface area contributed by atoms with Gasteiger partial charge < -0.3 is 37.8 Å². The van der Waals surface area contributed by atoms with Crippen molar-refractivity contribution in [2.45, 2.75) is 76.5 Å². The molecule has 0 radical (unpaired) electrons. The molecule has 5 atom stereocenters. The van der Waals surface area contributed by atoms with Gasteiger partial charge >= 0.3 is 5.97 Å². The summed E-state index contributed by atoms with van der Waals surface area (Å²) < 4.78 is 0. The van der Waals surface area contributed by atoms with E-state index in [4.69, 9.17) is 17.2 Å². The predicted molar refractivity (Wildman–Crippen MR) is 144 cm³/mol. The molecular formula is C26H41N7O5. The summed E-state index contributed by atoms with van der Waals surface area (Å²) in [5.74, 6) is -2.78. The van der Waals surface area contributed by atoms with Gasteiger partial charge in [-0.1, -0.05) is 50.6 Å². The first kappa shape index (κ1) is 30.6. The van der Waals surface area contributed by atoms with Crippen LogP contribution in [0.1, 0.15) is 51.5 Å². The zero-order valence-electron chi connectivity index (χ0n) is 22.1. The standard InChI is InChI=1S/C26H41N7O5/c1-3-16(2)21(27)23(35)31-18(11-7-13-30-26(28)29)22(34)32-19(15-17-9-5-4-6-10-17)24(36)33-14-8-12-20(33)25(37)38/h4-6,9-10,16,18-21H,3,7-8,11-15,27H2,1-2H3,(H,31,35)(H,32,34)(H,37,38)(H4,28,29,30). The maximum absolute atomic E-state index is 13.5. The Balaban J connectivity index is 2.26. The van der Waals surface area contributed by atoms with Gasteiger partial charge in [-0.05, 0) is 37.2 Å². The monoisotopic (exact) mass is 531 g/mol. The Morgan fingerprint density at radius 2 is 1.76 bits per heavy atom. The van der Waals surface area contributed by atoms with Gasteiger partial charge in [0.15, 0.2) is 5.96 Å². The number of hydrogen-bond donors (Lipinski definition) is 6. The number of nitrogens with two attached hydrogens (primary N) is 3. The van der Waals surface area contributed by atoms with Crippen molar-refractivity contribution in [3.63, 3.8) is 0 Å². The maximum Gasteiger partial charge on any atom is 0.326 e. The number of amides is 3. The number of benzene rings is 1. The molecule has 1 aromatic carbocycles. The molecule has 1 saturated heterocycles. The number of nitrogens with one attached hydrogen (secondary N) is 2. The van der Waals surface area contributed by atoms with Gasteiger partial charge in [-0.2, -0.15) is 0 Å². The number of aliphatic imine (C=N–C) groups is 1. The normalized spacial score (nSPS) is 18.1. The minimum atomic E-state index is -1.08. The zero-order valence-corrected chi connectivity index (χ0v) is 22.1.